The van der Waals surface area contributed by atoms with E-state index in [2.05, 4.69) is 47.0 Å². The van der Waals surface area contributed by atoms with Gasteiger partial charge in [-0.15, -0.1) is 0 Å². The van der Waals surface area contributed by atoms with Gasteiger partial charge >= 0.3 is 0 Å². The lowest BCUT2D eigenvalue weighted by molar-refractivity contribution is 1.01. The second kappa shape index (κ2) is 3.99. The lowest BCUT2D eigenvalue weighted by atomic mass is 10.1. The van der Waals surface area contributed by atoms with Crippen LogP contribution in [0, 0.1) is 13.8 Å². The lowest BCUT2D eigenvalue weighted by Gasteiger charge is -1.98. The van der Waals surface area contributed by atoms with Crippen LogP contribution in [-0.2, 0) is 6.54 Å². The first-order valence-electron chi connectivity index (χ1n) is 6.02. The number of nitrogens with zero attached hydrogens (tertiary/aromatic N) is 1. The highest BCUT2D eigenvalue weighted by Crippen LogP contribution is 2.30. The number of benzene rings is 1. The molecule has 2 heterocycles. The molecule has 3 aromatic rings. The van der Waals surface area contributed by atoms with Gasteiger partial charge in [0.25, 0.3) is 0 Å². The topological polar surface area (TPSA) is 70.5 Å². The third-order valence-electron chi connectivity index (χ3n) is 3.23. The molecule has 0 saturated carbocycles. The Bertz CT molecular complexity index is 706. The monoisotopic (exact) mass is 240 g/mol. The van der Waals surface area contributed by atoms with Crippen molar-refractivity contribution in [3.8, 4) is 11.4 Å². The maximum absolute atomic E-state index is 5.61. The van der Waals surface area contributed by atoms with Gasteiger partial charge in [-0.25, -0.2) is 4.98 Å². The van der Waals surface area contributed by atoms with Crippen molar-refractivity contribution in [2.75, 3.05) is 0 Å². The van der Waals surface area contributed by atoms with E-state index in [9.17, 15) is 0 Å². The molecule has 0 bridgehead atoms. The largest absolute Gasteiger partial charge is 0.358 e. The average molecular weight is 240 g/mol. The van der Waals surface area contributed by atoms with Crippen LogP contribution in [0.1, 0.15) is 17.0 Å². The van der Waals surface area contributed by atoms with Crippen LogP contribution in [0.5, 0.6) is 0 Å². The number of hydrogen-bond acceptors (Lipinski definition) is 2. The van der Waals surface area contributed by atoms with E-state index >= 15 is 0 Å². The third-order valence-corrected chi connectivity index (χ3v) is 3.23. The van der Waals surface area contributed by atoms with Gasteiger partial charge in [0.15, 0.2) is 0 Å². The Morgan fingerprint density at radius 3 is 2.78 bits per heavy atom. The van der Waals surface area contributed by atoms with Gasteiger partial charge in [-0.3, -0.25) is 0 Å². The summed E-state index contributed by atoms with van der Waals surface area (Å²) in [5.74, 6) is 0.878. The fourth-order valence-electron chi connectivity index (χ4n) is 2.34. The average Bonchev–Trinajstić information content (AvgIpc) is 2.91. The maximum Gasteiger partial charge on any atom is 0.139 e. The first-order chi connectivity index (χ1) is 8.69. The highest BCUT2D eigenvalue weighted by molar-refractivity contribution is 5.96. The molecular weight excluding hydrogens is 224 g/mol. The van der Waals surface area contributed by atoms with E-state index in [0.29, 0.717) is 6.54 Å². The molecule has 0 unspecified atom stereocenters. The molecule has 0 aliphatic rings. The van der Waals surface area contributed by atoms with Crippen molar-refractivity contribution >= 4 is 10.9 Å². The summed E-state index contributed by atoms with van der Waals surface area (Å²) in [6.07, 6.45) is 1.79. The van der Waals surface area contributed by atoms with Crippen LogP contribution >= 0.6 is 0 Å². The molecule has 92 valence electrons. The van der Waals surface area contributed by atoms with Crippen LogP contribution in [0.3, 0.4) is 0 Å². The quantitative estimate of drug-likeness (QED) is 0.644. The van der Waals surface area contributed by atoms with Gasteiger partial charge in [-0.05, 0) is 25.5 Å². The number of H-pyrrole nitrogens is 2. The normalized spacial score (nSPS) is 11.3. The van der Waals surface area contributed by atoms with Gasteiger partial charge in [0.05, 0.1) is 0 Å². The molecule has 0 amide bonds. The molecule has 4 nitrogen and oxygen atoms in total. The van der Waals surface area contributed by atoms with Crippen molar-refractivity contribution in [1.29, 1.82) is 0 Å². The second-order valence-corrected chi connectivity index (χ2v) is 4.64. The standard InChI is InChI=1S/C14H16N4/c1-8-3-4-11-12(5-8)17-9(2)13(11)14-16-7-10(6-15)18-14/h3-5,7,17H,6,15H2,1-2H3,(H,16,18). The fraction of sp³-hybridized carbons (Fsp3) is 0.214. The zero-order chi connectivity index (χ0) is 12.7. The number of rotatable bonds is 2. The van der Waals surface area contributed by atoms with Crippen molar-refractivity contribution < 1.29 is 0 Å². The molecule has 4 N–H and O–H groups in total. The Kier molecular flexibility index (Phi) is 2.45. The van der Waals surface area contributed by atoms with Gasteiger partial charge in [0.1, 0.15) is 5.82 Å². The van der Waals surface area contributed by atoms with E-state index < -0.39 is 0 Å². The van der Waals surface area contributed by atoms with E-state index in [1.165, 1.54) is 10.9 Å². The molecule has 0 saturated heterocycles. The molecule has 0 radical (unpaired) electrons. The Morgan fingerprint density at radius 2 is 2.06 bits per heavy atom. The highest BCUT2D eigenvalue weighted by atomic mass is 14.9. The van der Waals surface area contributed by atoms with Crippen molar-refractivity contribution in [1.82, 2.24) is 15.0 Å². The molecule has 1 aromatic carbocycles. The maximum atomic E-state index is 5.61. The molecule has 4 heteroatoms. The molecule has 0 atom stereocenters. The zero-order valence-electron chi connectivity index (χ0n) is 10.5. The minimum atomic E-state index is 0.480. The van der Waals surface area contributed by atoms with Gasteiger partial charge in [-0.2, -0.15) is 0 Å². The predicted octanol–water partition coefficient (Wildman–Crippen LogP) is 2.63. The van der Waals surface area contributed by atoms with Crippen LogP contribution in [-0.4, -0.2) is 15.0 Å². The van der Waals surface area contributed by atoms with Gasteiger partial charge in [0, 0.05) is 40.6 Å². The smallest absolute Gasteiger partial charge is 0.139 e. The number of fused-ring (bicyclic) bond motifs is 1. The first kappa shape index (κ1) is 11.0. The van der Waals surface area contributed by atoms with Crippen LogP contribution in [0.2, 0.25) is 0 Å². The summed E-state index contributed by atoms with van der Waals surface area (Å²) in [4.78, 5) is 11.1. The van der Waals surface area contributed by atoms with Gasteiger partial charge in [0.2, 0.25) is 0 Å². The SMILES string of the molecule is Cc1ccc2c(-c3ncc(CN)[nH]3)c(C)[nH]c2c1. The summed E-state index contributed by atoms with van der Waals surface area (Å²) < 4.78 is 0. The molecule has 0 spiro atoms. The minimum Gasteiger partial charge on any atom is -0.358 e. The highest BCUT2D eigenvalue weighted by Gasteiger charge is 2.13. The number of aromatic amines is 2. The van der Waals surface area contributed by atoms with E-state index in [-0.39, 0.29) is 0 Å². The number of nitrogens with two attached hydrogens (primary N) is 1. The third kappa shape index (κ3) is 1.62. The summed E-state index contributed by atoms with van der Waals surface area (Å²) in [5.41, 5.74) is 11.2. The number of nitrogens with one attached hydrogen (secondary N) is 2. The van der Waals surface area contributed by atoms with Crippen molar-refractivity contribution in [3.05, 3.63) is 41.3 Å². The van der Waals surface area contributed by atoms with Crippen LogP contribution in [0.4, 0.5) is 0 Å². The van der Waals surface area contributed by atoms with Gasteiger partial charge in [-0.1, -0.05) is 12.1 Å². The van der Waals surface area contributed by atoms with Crippen molar-refractivity contribution in [3.63, 3.8) is 0 Å². The molecule has 0 aliphatic carbocycles. The number of hydrogen-bond donors (Lipinski definition) is 3. The summed E-state index contributed by atoms with van der Waals surface area (Å²) in [5, 5.41) is 1.19. The summed E-state index contributed by atoms with van der Waals surface area (Å²) in [7, 11) is 0. The Balaban J connectivity index is 2.24. The van der Waals surface area contributed by atoms with Crippen LogP contribution in [0.15, 0.2) is 24.4 Å². The van der Waals surface area contributed by atoms with Crippen LogP contribution in [0.25, 0.3) is 22.3 Å². The van der Waals surface area contributed by atoms with E-state index in [4.69, 9.17) is 5.73 Å². The van der Waals surface area contributed by atoms with Crippen molar-refractivity contribution in [2.24, 2.45) is 5.73 Å². The first-order valence-corrected chi connectivity index (χ1v) is 6.02. The second-order valence-electron chi connectivity index (χ2n) is 4.64. The van der Waals surface area contributed by atoms with Crippen LogP contribution < -0.4 is 5.73 Å². The Hall–Kier alpha value is -2.07. The minimum absolute atomic E-state index is 0.480. The molecule has 18 heavy (non-hydrogen) atoms. The molecular formula is C14H16N4. The Morgan fingerprint density at radius 1 is 1.22 bits per heavy atom. The lowest BCUT2D eigenvalue weighted by Crippen LogP contribution is -1.95. The van der Waals surface area contributed by atoms with E-state index in [1.807, 2.05) is 0 Å². The summed E-state index contributed by atoms with van der Waals surface area (Å²) in [6.45, 7) is 4.64. The number of aromatic nitrogens is 3. The van der Waals surface area contributed by atoms with E-state index in [0.717, 1.165) is 28.3 Å². The summed E-state index contributed by atoms with van der Waals surface area (Å²) in [6, 6.07) is 6.40. The molecule has 3 rings (SSSR count). The summed E-state index contributed by atoms with van der Waals surface area (Å²) >= 11 is 0. The van der Waals surface area contributed by atoms with Crippen molar-refractivity contribution in [2.45, 2.75) is 20.4 Å². The van der Waals surface area contributed by atoms with E-state index in [1.54, 1.807) is 6.20 Å². The fourth-order valence-corrected chi connectivity index (χ4v) is 2.34. The molecule has 0 fully saturated rings. The molecule has 0 aliphatic heterocycles. The Labute approximate surface area is 105 Å². The molecule has 2 aromatic heterocycles. The van der Waals surface area contributed by atoms with Gasteiger partial charge < -0.3 is 15.7 Å². The number of aryl methyl sites for hydroxylation is 2. The number of imidazole rings is 1. The zero-order valence-corrected chi connectivity index (χ0v) is 10.5. The predicted molar refractivity (Wildman–Crippen MR) is 73.2 cm³/mol.